The summed E-state index contributed by atoms with van der Waals surface area (Å²) in [6, 6.07) is 0. The molecule has 10 heavy (non-hydrogen) atoms. The lowest BCUT2D eigenvalue weighted by atomic mass is 9.81. The summed E-state index contributed by atoms with van der Waals surface area (Å²) < 4.78 is -0.410. The van der Waals surface area contributed by atoms with Crippen LogP contribution in [0.2, 0.25) is 0 Å². The highest BCUT2D eigenvalue weighted by Gasteiger charge is 2.37. The van der Waals surface area contributed by atoms with Crippen LogP contribution in [0.5, 0.6) is 0 Å². The molecule has 1 fully saturated rings. The minimum Gasteiger partial charge on any atom is -0.101 e. The Balaban J connectivity index is 2.33. The van der Waals surface area contributed by atoms with E-state index < -0.39 is 4.33 Å². The normalized spacial score (nSPS) is 20.7. The zero-order valence-corrected chi connectivity index (χ0v) is 7.88. The second-order valence-electron chi connectivity index (χ2n) is 3.14. The van der Waals surface area contributed by atoms with Crippen LogP contribution in [0.25, 0.3) is 0 Å². The summed E-state index contributed by atoms with van der Waals surface area (Å²) in [5, 5.41) is 0. The third-order valence-corrected chi connectivity index (χ3v) is 3.28. The topological polar surface area (TPSA) is 0 Å². The standard InChI is InChI=1S/C8H14Cl2/c1-2-6-8(9,10)7-4-3-5-7/h7H,2-6H2,1H3. The second kappa shape index (κ2) is 3.32. The van der Waals surface area contributed by atoms with Crippen LogP contribution in [0, 0.1) is 5.92 Å². The number of rotatable bonds is 3. The van der Waals surface area contributed by atoms with Crippen molar-refractivity contribution in [3.8, 4) is 0 Å². The van der Waals surface area contributed by atoms with Gasteiger partial charge >= 0.3 is 0 Å². The Morgan fingerprint density at radius 3 is 2.30 bits per heavy atom. The zero-order valence-electron chi connectivity index (χ0n) is 6.37. The average Bonchev–Trinajstić information content (AvgIpc) is 1.56. The number of hydrogen-bond acceptors (Lipinski definition) is 0. The maximum atomic E-state index is 6.10. The molecule has 1 aliphatic rings. The molecule has 0 nitrogen and oxygen atoms in total. The Morgan fingerprint density at radius 1 is 1.40 bits per heavy atom. The van der Waals surface area contributed by atoms with Crippen molar-refractivity contribution in [2.45, 2.75) is 43.4 Å². The van der Waals surface area contributed by atoms with Gasteiger partial charge in [0.05, 0.1) is 0 Å². The highest BCUT2D eigenvalue weighted by atomic mass is 35.5. The van der Waals surface area contributed by atoms with Gasteiger partial charge in [0, 0.05) is 0 Å². The molecule has 1 aliphatic carbocycles. The van der Waals surface area contributed by atoms with E-state index in [1.165, 1.54) is 19.3 Å². The summed E-state index contributed by atoms with van der Waals surface area (Å²) in [5.74, 6) is 0.579. The smallest absolute Gasteiger partial charge is 0.101 e. The average molecular weight is 181 g/mol. The van der Waals surface area contributed by atoms with E-state index in [4.69, 9.17) is 23.2 Å². The number of hydrogen-bond donors (Lipinski definition) is 0. The van der Waals surface area contributed by atoms with Gasteiger partial charge in [-0.25, -0.2) is 0 Å². The minimum atomic E-state index is -0.410. The molecular formula is C8H14Cl2. The van der Waals surface area contributed by atoms with Crippen LogP contribution in [-0.2, 0) is 0 Å². The maximum Gasteiger partial charge on any atom is 0.121 e. The molecule has 1 rings (SSSR count). The van der Waals surface area contributed by atoms with Gasteiger partial charge in [0.25, 0.3) is 0 Å². The zero-order chi connectivity index (χ0) is 7.61. The highest BCUT2D eigenvalue weighted by molar-refractivity contribution is 6.48. The van der Waals surface area contributed by atoms with E-state index >= 15 is 0 Å². The van der Waals surface area contributed by atoms with E-state index in [9.17, 15) is 0 Å². The molecule has 0 radical (unpaired) electrons. The summed E-state index contributed by atoms with van der Waals surface area (Å²) in [5.41, 5.74) is 0. The quantitative estimate of drug-likeness (QED) is 0.581. The fourth-order valence-electron chi connectivity index (χ4n) is 1.37. The number of alkyl halides is 2. The predicted octanol–water partition coefficient (Wildman–Crippen LogP) is 3.76. The highest BCUT2D eigenvalue weighted by Crippen LogP contribution is 2.45. The molecule has 1 saturated carbocycles. The van der Waals surface area contributed by atoms with Crippen molar-refractivity contribution in [2.24, 2.45) is 5.92 Å². The van der Waals surface area contributed by atoms with Gasteiger partial charge in [0.15, 0.2) is 0 Å². The Bertz CT molecular complexity index is 106. The third kappa shape index (κ3) is 1.79. The summed E-state index contributed by atoms with van der Waals surface area (Å²) in [4.78, 5) is 0. The van der Waals surface area contributed by atoms with E-state index in [2.05, 4.69) is 6.92 Å². The molecule has 0 N–H and O–H groups in total. The molecule has 0 bridgehead atoms. The first-order valence-electron chi connectivity index (χ1n) is 4.04. The van der Waals surface area contributed by atoms with Gasteiger partial charge in [-0.15, -0.1) is 23.2 Å². The predicted molar refractivity (Wildman–Crippen MR) is 46.7 cm³/mol. The first kappa shape index (κ1) is 8.67. The minimum absolute atomic E-state index is 0.410. The lowest BCUT2D eigenvalue weighted by Crippen LogP contribution is -2.31. The summed E-state index contributed by atoms with van der Waals surface area (Å²) in [6.45, 7) is 2.12. The van der Waals surface area contributed by atoms with Crippen LogP contribution in [-0.4, -0.2) is 4.33 Å². The van der Waals surface area contributed by atoms with Gasteiger partial charge in [0.1, 0.15) is 4.33 Å². The molecule has 0 aromatic carbocycles. The van der Waals surface area contributed by atoms with Crippen LogP contribution >= 0.6 is 23.2 Å². The molecule has 2 heteroatoms. The summed E-state index contributed by atoms with van der Waals surface area (Å²) >= 11 is 12.2. The Labute approximate surface area is 72.9 Å². The lowest BCUT2D eigenvalue weighted by Gasteiger charge is -2.36. The first-order valence-corrected chi connectivity index (χ1v) is 4.80. The van der Waals surface area contributed by atoms with Crippen molar-refractivity contribution < 1.29 is 0 Å². The lowest BCUT2D eigenvalue weighted by molar-refractivity contribution is 0.272. The largest absolute Gasteiger partial charge is 0.121 e. The van der Waals surface area contributed by atoms with Crippen molar-refractivity contribution >= 4 is 23.2 Å². The van der Waals surface area contributed by atoms with Gasteiger partial charge in [-0.1, -0.05) is 19.8 Å². The Morgan fingerprint density at radius 2 is 2.00 bits per heavy atom. The molecular weight excluding hydrogens is 167 g/mol. The van der Waals surface area contributed by atoms with Gasteiger partial charge in [-0.3, -0.25) is 0 Å². The molecule has 0 unspecified atom stereocenters. The van der Waals surface area contributed by atoms with Crippen LogP contribution in [0.15, 0.2) is 0 Å². The van der Waals surface area contributed by atoms with E-state index in [0.29, 0.717) is 5.92 Å². The van der Waals surface area contributed by atoms with Crippen molar-refractivity contribution in [3.63, 3.8) is 0 Å². The van der Waals surface area contributed by atoms with Crippen LogP contribution < -0.4 is 0 Å². The Hall–Kier alpha value is 0.580. The molecule has 0 aromatic rings. The van der Waals surface area contributed by atoms with Crippen LogP contribution in [0.3, 0.4) is 0 Å². The molecule has 0 spiro atoms. The molecule has 0 heterocycles. The van der Waals surface area contributed by atoms with E-state index in [0.717, 1.165) is 12.8 Å². The monoisotopic (exact) mass is 180 g/mol. The van der Waals surface area contributed by atoms with Gasteiger partial charge < -0.3 is 0 Å². The fourth-order valence-corrected chi connectivity index (χ4v) is 2.18. The van der Waals surface area contributed by atoms with Gasteiger partial charge in [-0.2, -0.15) is 0 Å². The van der Waals surface area contributed by atoms with E-state index in [-0.39, 0.29) is 0 Å². The molecule has 0 atom stereocenters. The summed E-state index contributed by atoms with van der Waals surface area (Å²) in [6.07, 6.45) is 5.81. The number of halogens is 2. The molecule has 0 aliphatic heterocycles. The van der Waals surface area contributed by atoms with Crippen LogP contribution in [0.1, 0.15) is 39.0 Å². The van der Waals surface area contributed by atoms with E-state index in [1.807, 2.05) is 0 Å². The van der Waals surface area contributed by atoms with Crippen molar-refractivity contribution in [3.05, 3.63) is 0 Å². The third-order valence-electron chi connectivity index (χ3n) is 2.29. The second-order valence-corrected chi connectivity index (χ2v) is 4.68. The van der Waals surface area contributed by atoms with Crippen molar-refractivity contribution in [1.82, 2.24) is 0 Å². The molecule has 0 aromatic heterocycles. The first-order chi connectivity index (χ1) is 4.67. The van der Waals surface area contributed by atoms with Crippen molar-refractivity contribution in [2.75, 3.05) is 0 Å². The van der Waals surface area contributed by atoms with Crippen LogP contribution in [0.4, 0.5) is 0 Å². The molecule has 60 valence electrons. The van der Waals surface area contributed by atoms with E-state index in [1.54, 1.807) is 0 Å². The maximum absolute atomic E-state index is 6.10. The van der Waals surface area contributed by atoms with Crippen molar-refractivity contribution in [1.29, 1.82) is 0 Å². The van der Waals surface area contributed by atoms with Gasteiger partial charge in [0.2, 0.25) is 0 Å². The summed E-state index contributed by atoms with van der Waals surface area (Å²) in [7, 11) is 0. The molecule has 0 amide bonds. The molecule has 0 saturated heterocycles. The SMILES string of the molecule is CCCC(Cl)(Cl)C1CCC1. The van der Waals surface area contributed by atoms with Gasteiger partial charge in [-0.05, 0) is 25.2 Å². The Kier molecular flexibility index (Phi) is 2.88. The fraction of sp³-hybridized carbons (Fsp3) is 1.00.